The quantitative estimate of drug-likeness (QED) is 0.680. The van der Waals surface area contributed by atoms with E-state index in [1.165, 1.54) is 0 Å². The number of sulfone groups is 1. The second-order valence-corrected chi connectivity index (χ2v) is 8.59. The van der Waals surface area contributed by atoms with E-state index >= 15 is 0 Å². The summed E-state index contributed by atoms with van der Waals surface area (Å²) in [6.45, 7) is 1.16. The van der Waals surface area contributed by atoms with E-state index < -0.39 is 48.6 Å². The van der Waals surface area contributed by atoms with Crippen molar-refractivity contribution in [3.63, 3.8) is 0 Å². The van der Waals surface area contributed by atoms with Crippen LogP contribution in [0.15, 0.2) is 39.4 Å². The van der Waals surface area contributed by atoms with Crippen molar-refractivity contribution in [3.8, 4) is 0 Å². The number of nitrogens with two attached hydrogens (primary N) is 1. The van der Waals surface area contributed by atoms with Gasteiger partial charge in [-0.2, -0.15) is 13.2 Å². The highest BCUT2D eigenvalue weighted by Gasteiger charge is 2.31. The van der Waals surface area contributed by atoms with Crippen molar-refractivity contribution in [3.05, 3.63) is 41.5 Å². The summed E-state index contributed by atoms with van der Waals surface area (Å²) >= 11 is 0.491. The van der Waals surface area contributed by atoms with Crippen LogP contribution in [0, 0.1) is 0 Å². The molecule has 1 aromatic heterocycles. The molecule has 0 fully saturated rings. The number of aliphatic hydroxyl groups is 1. The van der Waals surface area contributed by atoms with Gasteiger partial charge in [0.05, 0.1) is 16.0 Å². The van der Waals surface area contributed by atoms with E-state index in [-0.39, 0.29) is 10.6 Å². The highest BCUT2D eigenvalue weighted by molar-refractivity contribution is 7.93. The molecule has 0 aliphatic carbocycles. The van der Waals surface area contributed by atoms with Crippen LogP contribution in [0.3, 0.4) is 0 Å². The first-order valence-electron chi connectivity index (χ1n) is 7.19. The number of hydrogen-bond donors (Lipinski definition) is 3. The minimum Gasteiger partial charge on any atom is -0.384 e. The standard InChI is InChI=1S/C15H13F3N2O5S2/c1-7(21)13(23)20-14-10(12(19)22)6-11(26-14)27(24,25)9-4-2-8(3-5-9)15(16,17)18/h2-7,21H,1H3,(H2,19,22)(H,20,23). The molecule has 0 radical (unpaired) electrons. The smallest absolute Gasteiger partial charge is 0.384 e. The number of amides is 2. The molecule has 2 rings (SSSR count). The fourth-order valence-electron chi connectivity index (χ4n) is 1.93. The first-order valence-corrected chi connectivity index (χ1v) is 9.49. The molecule has 1 unspecified atom stereocenters. The van der Waals surface area contributed by atoms with Gasteiger partial charge in [-0.1, -0.05) is 0 Å². The molecule has 0 bridgehead atoms. The largest absolute Gasteiger partial charge is 0.416 e. The molecule has 1 aromatic carbocycles. The van der Waals surface area contributed by atoms with Gasteiger partial charge in [0.25, 0.3) is 11.8 Å². The molecule has 0 saturated carbocycles. The Hall–Kier alpha value is -2.44. The number of carbonyl (C=O) groups excluding carboxylic acids is 2. The topological polar surface area (TPSA) is 127 Å². The molecule has 1 atom stereocenters. The molecule has 1 heterocycles. The third kappa shape index (κ3) is 4.46. The zero-order valence-corrected chi connectivity index (χ0v) is 15.2. The molecule has 0 spiro atoms. The number of benzene rings is 1. The molecule has 0 aliphatic heterocycles. The molecule has 0 aliphatic rings. The lowest BCUT2D eigenvalue weighted by Crippen LogP contribution is -2.25. The molecule has 27 heavy (non-hydrogen) atoms. The lowest BCUT2D eigenvalue weighted by atomic mass is 10.2. The van der Waals surface area contributed by atoms with Crippen LogP contribution in [0.5, 0.6) is 0 Å². The monoisotopic (exact) mass is 422 g/mol. The van der Waals surface area contributed by atoms with Gasteiger partial charge >= 0.3 is 6.18 Å². The molecular weight excluding hydrogens is 409 g/mol. The van der Waals surface area contributed by atoms with Gasteiger partial charge in [0.15, 0.2) is 0 Å². The molecular formula is C15H13F3N2O5S2. The molecule has 2 amide bonds. The average Bonchev–Trinajstić information content (AvgIpc) is 2.99. The number of thiophene rings is 1. The third-order valence-corrected chi connectivity index (χ3v) is 6.64. The Morgan fingerprint density at radius 3 is 2.22 bits per heavy atom. The number of halogens is 3. The van der Waals surface area contributed by atoms with Gasteiger partial charge in [-0.25, -0.2) is 8.42 Å². The Morgan fingerprint density at radius 2 is 1.78 bits per heavy atom. The fraction of sp³-hybridized carbons (Fsp3) is 0.200. The minimum atomic E-state index is -4.62. The summed E-state index contributed by atoms with van der Waals surface area (Å²) in [4.78, 5) is 22.7. The van der Waals surface area contributed by atoms with Crippen LogP contribution in [0.2, 0.25) is 0 Å². The molecule has 0 saturated heterocycles. The van der Waals surface area contributed by atoms with Crippen molar-refractivity contribution in [2.75, 3.05) is 5.32 Å². The van der Waals surface area contributed by atoms with Gasteiger partial charge in [0, 0.05) is 0 Å². The summed E-state index contributed by atoms with van der Waals surface area (Å²) in [7, 11) is -4.26. The van der Waals surface area contributed by atoms with E-state index in [2.05, 4.69) is 5.32 Å². The molecule has 146 valence electrons. The van der Waals surface area contributed by atoms with Crippen LogP contribution in [0.25, 0.3) is 0 Å². The minimum absolute atomic E-state index is 0.195. The lowest BCUT2D eigenvalue weighted by Gasteiger charge is -2.07. The molecule has 12 heteroatoms. The number of anilines is 1. The summed E-state index contributed by atoms with van der Waals surface area (Å²) in [6.07, 6.45) is -6.05. The Balaban J connectivity index is 2.47. The number of rotatable bonds is 5. The first kappa shape index (κ1) is 20.9. The average molecular weight is 422 g/mol. The van der Waals surface area contributed by atoms with E-state index in [0.29, 0.717) is 23.5 Å². The van der Waals surface area contributed by atoms with Crippen LogP contribution >= 0.6 is 11.3 Å². The maximum absolute atomic E-state index is 12.6. The number of aliphatic hydroxyl groups excluding tert-OH is 1. The van der Waals surface area contributed by atoms with E-state index in [0.717, 1.165) is 25.1 Å². The number of primary amides is 1. The van der Waals surface area contributed by atoms with Gasteiger partial charge in [-0.15, -0.1) is 11.3 Å². The number of carbonyl (C=O) groups is 2. The maximum Gasteiger partial charge on any atom is 0.416 e. The second-order valence-electron chi connectivity index (χ2n) is 5.36. The molecule has 2 aromatic rings. The van der Waals surface area contributed by atoms with E-state index in [1.807, 2.05) is 0 Å². The number of hydrogen-bond acceptors (Lipinski definition) is 6. The third-order valence-electron chi connectivity index (χ3n) is 3.35. The van der Waals surface area contributed by atoms with Crippen molar-refractivity contribution < 1.29 is 36.3 Å². The van der Waals surface area contributed by atoms with Crippen molar-refractivity contribution in [2.24, 2.45) is 5.73 Å². The van der Waals surface area contributed by atoms with Gasteiger partial charge in [-0.05, 0) is 37.3 Å². The van der Waals surface area contributed by atoms with Crippen molar-refractivity contribution in [1.82, 2.24) is 0 Å². The van der Waals surface area contributed by atoms with Gasteiger partial charge in [-0.3, -0.25) is 9.59 Å². The molecule has 4 N–H and O–H groups in total. The Kier molecular flexibility index (Phi) is 5.63. The summed E-state index contributed by atoms with van der Waals surface area (Å²) in [5.74, 6) is -1.92. The summed E-state index contributed by atoms with van der Waals surface area (Å²) in [5.41, 5.74) is 3.84. The van der Waals surface area contributed by atoms with Gasteiger partial charge in [0.2, 0.25) is 9.84 Å². The van der Waals surface area contributed by atoms with E-state index in [1.54, 1.807) is 0 Å². The predicted octanol–water partition coefficient (Wildman–Crippen LogP) is 2.02. The van der Waals surface area contributed by atoms with Crippen LogP contribution < -0.4 is 11.1 Å². The van der Waals surface area contributed by atoms with E-state index in [9.17, 15) is 36.3 Å². The number of alkyl halides is 3. The summed E-state index contributed by atoms with van der Waals surface area (Å²) in [6, 6.07) is 3.72. The normalized spacial score (nSPS) is 13.2. The maximum atomic E-state index is 12.6. The lowest BCUT2D eigenvalue weighted by molar-refractivity contribution is -0.137. The molecule has 7 nitrogen and oxygen atoms in total. The van der Waals surface area contributed by atoms with Crippen LogP contribution in [-0.4, -0.2) is 31.4 Å². The Bertz CT molecular complexity index is 980. The van der Waals surface area contributed by atoms with Gasteiger partial charge < -0.3 is 16.2 Å². The summed E-state index contributed by atoms with van der Waals surface area (Å²) in [5, 5.41) is 11.2. The summed E-state index contributed by atoms with van der Waals surface area (Å²) < 4.78 is 62.7. The second kappa shape index (κ2) is 7.29. The fourth-order valence-corrected chi connectivity index (χ4v) is 4.71. The highest BCUT2D eigenvalue weighted by Crippen LogP contribution is 2.36. The van der Waals surface area contributed by atoms with Crippen LogP contribution in [0.1, 0.15) is 22.8 Å². The SMILES string of the molecule is CC(O)C(=O)Nc1sc(S(=O)(=O)c2ccc(C(F)(F)F)cc2)cc1C(N)=O. The van der Waals surface area contributed by atoms with Crippen molar-refractivity contribution in [1.29, 1.82) is 0 Å². The zero-order chi connectivity index (χ0) is 20.6. The van der Waals surface area contributed by atoms with Gasteiger partial charge in [0.1, 0.15) is 15.3 Å². The predicted molar refractivity (Wildman–Crippen MR) is 90.0 cm³/mol. The van der Waals surface area contributed by atoms with Crippen molar-refractivity contribution in [2.45, 2.75) is 28.3 Å². The first-order chi connectivity index (χ1) is 12.3. The van der Waals surface area contributed by atoms with E-state index in [4.69, 9.17) is 5.73 Å². The van der Waals surface area contributed by atoms with Crippen LogP contribution in [0.4, 0.5) is 18.2 Å². The van der Waals surface area contributed by atoms with Crippen LogP contribution in [-0.2, 0) is 20.8 Å². The Morgan fingerprint density at radius 1 is 1.22 bits per heavy atom. The Labute approximate surface area is 155 Å². The van der Waals surface area contributed by atoms with Crippen molar-refractivity contribution >= 4 is 38.0 Å². The number of nitrogens with one attached hydrogen (secondary N) is 1. The zero-order valence-electron chi connectivity index (χ0n) is 13.6. The highest BCUT2D eigenvalue weighted by atomic mass is 32.2.